The van der Waals surface area contributed by atoms with Crippen LogP contribution in [0.3, 0.4) is 0 Å². The summed E-state index contributed by atoms with van der Waals surface area (Å²) in [5.41, 5.74) is -1.84. The lowest BCUT2D eigenvalue weighted by molar-refractivity contribution is 0.0668. The predicted molar refractivity (Wildman–Crippen MR) is 91.1 cm³/mol. The second-order valence-corrected chi connectivity index (χ2v) is 8.10. The van der Waals surface area contributed by atoms with Crippen molar-refractivity contribution >= 4 is 27.2 Å². The zero-order valence-corrected chi connectivity index (χ0v) is 15.1. The Kier molecular flexibility index (Phi) is 5.22. The molecule has 0 aliphatic heterocycles. The number of carbonyl (C=O) groups is 1. The fraction of sp³-hybridized carbons (Fsp3) is 0.467. The lowest BCUT2D eigenvalue weighted by Gasteiger charge is -2.33. The van der Waals surface area contributed by atoms with Crippen LogP contribution in [0, 0.1) is 5.41 Å². The van der Waals surface area contributed by atoms with E-state index in [1.165, 1.54) is 36.2 Å². The Hall–Kier alpha value is -1.64. The average Bonchev–Trinajstić information content (AvgIpc) is 2.88. The summed E-state index contributed by atoms with van der Waals surface area (Å²) in [7, 11) is -2.05. The van der Waals surface area contributed by atoms with Gasteiger partial charge in [-0.1, -0.05) is 6.08 Å². The largest absolute Gasteiger partial charge is 0.383 e. The minimum atomic E-state index is -3.46. The number of alkyl halides is 1. The van der Waals surface area contributed by atoms with Gasteiger partial charge in [0.25, 0.3) is 5.56 Å². The third kappa shape index (κ3) is 3.13. The maximum absolute atomic E-state index is 13.0. The van der Waals surface area contributed by atoms with E-state index >= 15 is 0 Å². The van der Waals surface area contributed by atoms with Crippen LogP contribution in [0.25, 0.3) is 0 Å². The van der Waals surface area contributed by atoms with Crippen LogP contribution in [0.1, 0.15) is 17.3 Å². The highest BCUT2D eigenvalue weighted by atomic mass is 35.5. The number of methoxy groups -OCH3 is 1. The number of allylic oxidation sites excluding steroid dienone is 2. The topological polar surface area (TPSA) is 98.2 Å². The van der Waals surface area contributed by atoms with Gasteiger partial charge in [0.1, 0.15) is 5.56 Å². The van der Waals surface area contributed by atoms with Gasteiger partial charge in [-0.05, 0) is 19.1 Å². The molecule has 2 rings (SSSR count). The molecule has 0 radical (unpaired) electrons. The summed E-state index contributed by atoms with van der Waals surface area (Å²) in [5.74, 6) is -0.516. The van der Waals surface area contributed by atoms with Crippen molar-refractivity contribution < 1.29 is 17.9 Å². The molecule has 9 heteroatoms. The van der Waals surface area contributed by atoms with Crippen LogP contribution in [0.2, 0.25) is 0 Å². The predicted octanol–water partition coefficient (Wildman–Crippen LogP) is 1.12. The van der Waals surface area contributed by atoms with E-state index in [4.69, 9.17) is 16.3 Å². The second kappa shape index (κ2) is 6.70. The van der Waals surface area contributed by atoms with Gasteiger partial charge in [-0.25, -0.2) is 8.42 Å². The molecule has 1 heterocycles. The van der Waals surface area contributed by atoms with Crippen LogP contribution in [-0.4, -0.2) is 49.3 Å². The summed E-state index contributed by atoms with van der Waals surface area (Å²) in [6.07, 6.45) is 6.44. The SMILES string of the molecule is CCn1[nH]cc(C(=O)C2(COC)C=CC(S(C)(=O)=O)=CC2Cl)c1=O. The number of sulfone groups is 1. The number of aryl methyl sites for hydroxylation is 1. The molecule has 0 saturated carbocycles. The van der Waals surface area contributed by atoms with Gasteiger partial charge in [-0.3, -0.25) is 14.3 Å². The Morgan fingerprint density at radius 3 is 2.62 bits per heavy atom. The molecule has 1 aromatic heterocycles. The molecular weight excluding hydrogens is 356 g/mol. The second-order valence-electron chi connectivity index (χ2n) is 5.62. The molecule has 2 atom stereocenters. The van der Waals surface area contributed by atoms with Gasteiger partial charge in [0, 0.05) is 26.1 Å². The summed E-state index contributed by atoms with van der Waals surface area (Å²) >= 11 is 6.34. The zero-order valence-electron chi connectivity index (χ0n) is 13.6. The third-order valence-electron chi connectivity index (χ3n) is 3.98. The van der Waals surface area contributed by atoms with Crippen LogP contribution >= 0.6 is 11.6 Å². The zero-order chi connectivity index (χ0) is 18.1. The first-order valence-electron chi connectivity index (χ1n) is 7.24. The van der Waals surface area contributed by atoms with Crippen molar-refractivity contribution in [2.24, 2.45) is 5.41 Å². The molecule has 1 aliphatic carbocycles. The molecule has 2 unspecified atom stereocenters. The van der Waals surface area contributed by atoms with Crippen LogP contribution < -0.4 is 5.56 Å². The maximum atomic E-state index is 13.0. The van der Waals surface area contributed by atoms with Crippen molar-refractivity contribution in [2.45, 2.75) is 18.8 Å². The molecule has 1 N–H and O–H groups in total. The average molecular weight is 375 g/mol. The molecule has 0 spiro atoms. The van der Waals surface area contributed by atoms with Crippen molar-refractivity contribution in [1.82, 2.24) is 9.78 Å². The van der Waals surface area contributed by atoms with E-state index in [9.17, 15) is 18.0 Å². The van der Waals surface area contributed by atoms with E-state index in [-0.39, 0.29) is 17.1 Å². The first-order valence-corrected chi connectivity index (χ1v) is 9.57. The summed E-state index contributed by atoms with van der Waals surface area (Å²) in [6, 6.07) is 0. The Morgan fingerprint density at radius 2 is 2.17 bits per heavy atom. The fourth-order valence-corrected chi connectivity index (χ4v) is 3.75. The lowest BCUT2D eigenvalue weighted by atomic mass is 9.76. The van der Waals surface area contributed by atoms with E-state index in [1.807, 2.05) is 0 Å². The van der Waals surface area contributed by atoms with Gasteiger partial charge in [0.2, 0.25) is 0 Å². The van der Waals surface area contributed by atoms with Crippen molar-refractivity contribution in [3.63, 3.8) is 0 Å². The number of ketones is 1. The number of aromatic nitrogens is 2. The van der Waals surface area contributed by atoms with Crippen molar-refractivity contribution in [3.8, 4) is 0 Å². The maximum Gasteiger partial charge on any atom is 0.277 e. The molecule has 1 aromatic rings. The minimum Gasteiger partial charge on any atom is -0.383 e. The van der Waals surface area contributed by atoms with E-state index in [1.54, 1.807) is 6.92 Å². The highest BCUT2D eigenvalue weighted by Crippen LogP contribution is 2.38. The van der Waals surface area contributed by atoms with E-state index in [2.05, 4.69) is 5.10 Å². The Morgan fingerprint density at radius 1 is 1.50 bits per heavy atom. The van der Waals surface area contributed by atoms with Crippen molar-refractivity contribution in [2.75, 3.05) is 20.0 Å². The molecule has 0 bridgehead atoms. The molecule has 24 heavy (non-hydrogen) atoms. The van der Waals surface area contributed by atoms with Gasteiger partial charge in [0.05, 0.1) is 22.3 Å². The minimum absolute atomic E-state index is 0.0297. The third-order valence-corrected chi connectivity index (χ3v) is 5.63. The number of carbonyl (C=O) groups excluding carboxylic acids is 1. The Bertz CT molecular complexity index is 865. The Balaban J connectivity index is 2.52. The molecule has 0 aromatic carbocycles. The van der Waals surface area contributed by atoms with Crippen molar-refractivity contribution in [3.05, 3.63) is 45.2 Å². The van der Waals surface area contributed by atoms with Gasteiger partial charge in [-0.2, -0.15) is 0 Å². The number of nitrogens with one attached hydrogen (secondary N) is 1. The number of nitrogens with zero attached hydrogens (tertiary/aromatic N) is 1. The van der Waals surface area contributed by atoms with Crippen LogP contribution in [-0.2, 0) is 21.1 Å². The monoisotopic (exact) mass is 374 g/mol. The first kappa shape index (κ1) is 18.7. The van der Waals surface area contributed by atoms with E-state index < -0.39 is 32.0 Å². The van der Waals surface area contributed by atoms with Gasteiger partial charge < -0.3 is 9.84 Å². The smallest absolute Gasteiger partial charge is 0.277 e. The Labute approximate surface area is 144 Å². The first-order chi connectivity index (χ1) is 11.2. The molecular formula is C15H19ClN2O5S. The summed E-state index contributed by atoms with van der Waals surface area (Å²) in [4.78, 5) is 25.3. The summed E-state index contributed by atoms with van der Waals surface area (Å²) in [5, 5.41) is 1.75. The standard InChI is InChI=1S/C15H19ClN2O5S/c1-4-18-14(20)11(8-17-18)13(19)15(9-23-2)6-5-10(7-12(15)16)24(3,21)22/h5-8,12,17H,4,9H2,1-3H3. The van der Waals surface area contributed by atoms with Crippen molar-refractivity contribution in [1.29, 1.82) is 0 Å². The lowest BCUT2D eigenvalue weighted by Crippen LogP contribution is -2.44. The quantitative estimate of drug-likeness (QED) is 0.594. The van der Waals surface area contributed by atoms with Gasteiger partial charge in [0.15, 0.2) is 15.6 Å². The van der Waals surface area contributed by atoms with Crippen LogP contribution in [0.15, 0.2) is 34.1 Å². The van der Waals surface area contributed by atoms with E-state index in [0.717, 1.165) is 6.26 Å². The number of aromatic amines is 1. The van der Waals surface area contributed by atoms with Crippen LogP contribution in [0.5, 0.6) is 0 Å². The molecule has 0 saturated heterocycles. The molecule has 7 nitrogen and oxygen atoms in total. The number of halogens is 1. The van der Waals surface area contributed by atoms with Gasteiger partial charge >= 0.3 is 0 Å². The fourth-order valence-electron chi connectivity index (χ4n) is 2.61. The summed E-state index contributed by atoms with van der Waals surface area (Å²) < 4.78 is 29.8. The summed E-state index contributed by atoms with van der Waals surface area (Å²) in [6.45, 7) is 2.07. The number of hydrogen-bond donors (Lipinski definition) is 1. The number of ether oxygens (including phenoxy) is 1. The van der Waals surface area contributed by atoms with Crippen LogP contribution in [0.4, 0.5) is 0 Å². The highest BCUT2D eigenvalue weighted by molar-refractivity contribution is 7.94. The molecule has 0 amide bonds. The number of H-pyrrole nitrogens is 1. The molecule has 132 valence electrons. The van der Waals surface area contributed by atoms with Gasteiger partial charge in [-0.15, -0.1) is 11.6 Å². The molecule has 1 aliphatic rings. The highest BCUT2D eigenvalue weighted by Gasteiger charge is 2.46. The normalized spacial score (nSPS) is 24.0. The number of Topliss-reactive ketones (excluding diaryl/α,β-unsaturated/α-hetero) is 1. The number of hydrogen-bond acceptors (Lipinski definition) is 5. The molecule has 0 fully saturated rings. The van der Waals surface area contributed by atoms with E-state index in [0.29, 0.717) is 6.54 Å². The number of rotatable bonds is 6.